The van der Waals surface area contributed by atoms with E-state index in [-0.39, 0.29) is 6.10 Å². The molecule has 1 unspecified atom stereocenters. The molecule has 0 rings (SSSR count). The molecule has 13 heavy (non-hydrogen) atoms. The van der Waals surface area contributed by atoms with E-state index in [0.29, 0.717) is 5.54 Å². The highest BCUT2D eigenvalue weighted by molar-refractivity contribution is 6.62. The maximum absolute atomic E-state index is 5.78. The van der Waals surface area contributed by atoms with E-state index in [4.69, 9.17) is 13.3 Å². The summed E-state index contributed by atoms with van der Waals surface area (Å²) in [4.78, 5) is 0. The molecule has 0 saturated carbocycles. The molecule has 80 valence electrons. The van der Waals surface area contributed by atoms with Crippen LogP contribution in [0.5, 0.6) is 0 Å². The van der Waals surface area contributed by atoms with Crippen LogP contribution < -0.4 is 0 Å². The van der Waals surface area contributed by atoms with Crippen molar-refractivity contribution >= 4 is 8.80 Å². The van der Waals surface area contributed by atoms with Crippen LogP contribution >= 0.6 is 0 Å². The van der Waals surface area contributed by atoms with Gasteiger partial charge in [0.15, 0.2) is 0 Å². The molecule has 0 aromatic heterocycles. The van der Waals surface area contributed by atoms with Crippen molar-refractivity contribution in [1.29, 1.82) is 0 Å². The minimum absolute atomic E-state index is 0.153. The maximum Gasteiger partial charge on any atom is 0.503 e. The Labute approximate surface area is 82.8 Å². The average molecular weight is 206 g/mol. The molecule has 0 heterocycles. The molecule has 0 amide bonds. The summed E-state index contributed by atoms with van der Waals surface area (Å²) in [5, 5.41) is 0. The highest BCUT2D eigenvalue weighted by atomic mass is 28.4. The van der Waals surface area contributed by atoms with Gasteiger partial charge in [-0.2, -0.15) is 0 Å². The smallest absolute Gasteiger partial charge is 0.377 e. The number of hydrogen-bond donors (Lipinski definition) is 0. The largest absolute Gasteiger partial charge is 0.503 e. The van der Waals surface area contributed by atoms with Crippen LogP contribution in [0, 0.1) is 0 Å². The zero-order chi connectivity index (χ0) is 10.5. The van der Waals surface area contributed by atoms with Gasteiger partial charge in [-0.05, 0) is 20.3 Å². The second-order valence-corrected chi connectivity index (χ2v) is 6.73. The molecule has 0 aromatic carbocycles. The maximum atomic E-state index is 5.78. The summed E-state index contributed by atoms with van der Waals surface area (Å²) in [5.41, 5.74) is 0.352. The van der Waals surface area contributed by atoms with Gasteiger partial charge in [0.2, 0.25) is 0 Å². The van der Waals surface area contributed by atoms with Crippen LogP contribution in [0.25, 0.3) is 0 Å². The third kappa shape index (κ3) is 3.38. The van der Waals surface area contributed by atoms with Crippen molar-refractivity contribution in [2.45, 2.75) is 45.8 Å². The van der Waals surface area contributed by atoms with Crippen LogP contribution in [-0.2, 0) is 13.3 Å². The van der Waals surface area contributed by atoms with Crippen molar-refractivity contribution < 1.29 is 13.3 Å². The molecule has 0 N–H and O–H groups in total. The predicted molar refractivity (Wildman–Crippen MR) is 55.7 cm³/mol. The normalized spacial score (nSPS) is 15.0. The van der Waals surface area contributed by atoms with Crippen molar-refractivity contribution in [3.63, 3.8) is 0 Å². The highest BCUT2D eigenvalue weighted by Gasteiger charge is 2.45. The first-order chi connectivity index (χ1) is 6.02. The first-order valence-corrected chi connectivity index (χ1v) is 6.60. The van der Waals surface area contributed by atoms with Gasteiger partial charge >= 0.3 is 8.80 Å². The van der Waals surface area contributed by atoms with Crippen LogP contribution in [0.2, 0.25) is 5.54 Å². The highest BCUT2D eigenvalue weighted by Crippen LogP contribution is 2.28. The fourth-order valence-corrected chi connectivity index (χ4v) is 3.83. The van der Waals surface area contributed by atoms with Crippen molar-refractivity contribution in [1.82, 2.24) is 0 Å². The Kier molecular flexibility index (Phi) is 5.79. The molecule has 0 aliphatic rings. The van der Waals surface area contributed by atoms with Gasteiger partial charge in [0.05, 0.1) is 0 Å². The Morgan fingerprint density at radius 2 is 1.54 bits per heavy atom. The molecule has 0 radical (unpaired) electrons. The molecule has 0 aliphatic carbocycles. The van der Waals surface area contributed by atoms with E-state index in [0.717, 1.165) is 6.42 Å². The fraction of sp³-hybridized carbons (Fsp3) is 1.00. The van der Waals surface area contributed by atoms with Crippen LogP contribution in [0.1, 0.15) is 34.1 Å². The molecule has 0 bridgehead atoms. The quantitative estimate of drug-likeness (QED) is 0.625. The Morgan fingerprint density at radius 3 is 1.77 bits per heavy atom. The molecule has 3 nitrogen and oxygen atoms in total. The molecular weight excluding hydrogens is 184 g/mol. The lowest BCUT2D eigenvalue weighted by Gasteiger charge is -2.32. The summed E-state index contributed by atoms with van der Waals surface area (Å²) in [7, 11) is 0.932. The zero-order valence-electron chi connectivity index (χ0n) is 9.59. The van der Waals surface area contributed by atoms with Crippen molar-refractivity contribution in [3.05, 3.63) is 0 Å². The van der Waals surface area contributed by atoms with Gasteiger partial charge in [-0.3, -0.25) is 0 Å². The third-order valence-electron chi connectivity index (χ3n) is 2.18. The third-order valence-corrected chi connectivity index (χ3v) is 5.74. The second-order valence-electron chi connectivity index (χ2n) is 3.49. The molecule has 4 heteroatoms. The van der Waals surface area contributed by atoms with Crippen LogP contribution in [0.3, 0.4) is 0 Å². The van der Waals surface area contributed by atoms with E-state index in [2.05, 4.69) is 13.8 Å². The monoisotopic (exact) mass is 206 g/mol. The zero-order valence-corrected chi connectivity index (χ0v) is 10.6. The predicted octanol–water partition coefficient (Wildman–Crippen LogP) is 2.44. The lowest BCUT2D eigenvalue weighted by atomic mass is 10.4. The molecule has 0 aliphatic heterocycles. The van der Waals surface area contributed by atoms with Crippen LogP contribution in [-0.4, -0.2) is 29.1 Å². The number of rotatable bonds is 6. The first-order valence-electron chi connectivity index (χ1n) is 4.80. The van der Waals surface area contributed by atoms with E-state index < -0.39 is 8.80 Å². The molecule has 1 atom stereocenters. The first kappa shape index (κ1) is 13.1. The van der Waals surface area contributed by atoms with Gasteiger partial charge in [0.1, 0.15) is 0 Å². The second kappa shape index (κ2) is 5.75. The van der Waals surface area contributed by atoms with E-state index in [9.17, 15) is 0 Å². The molecule has 0 fully saturated rings. The Morgan fingerprint density at radius 1 is 1.08 bits per heavy atom. The van der Waals surface area contributed by atoms with Gasteiger partial charge in [-0.25, -0.2) is 0 Å². The van der Waals surface area contributed by atoms with Crippen molar-refractivity contribution in [2.75, 3.05) is 14.2 Å². The van der Waals surface area contributed by atoms with Crippen molar-refractivity contribution in [2.24, 2.45) is 0 Å². The number of hydrogen-bond acceptors (Lipinski definition) is 3. The molecular formula is C9H22O3Si. The van der Waals surface area contributed by atoms with E-state index >= 15 is 0 Å². The van der Waals surface area contributed by atoms with Gasteiger partial charge in [0, 0.05) is 25.9 Å². The minimum atomic E-state index is -2.41. The van der Waals surface area contributed by atoms with E-state index in [1.165, 1.54) is 0 Å². The lowest BCUT2D eigenvalue weighted by Crippen LogP contribution is -2.49. The summed E-state index contributed by atoms with van der Waals surface area (Å²) < 4.78 is 16.7. The molecule has 0 aromatic rings. The minimum Gasteiger partial charge on any atom is -0.377 e. The van der Waals surface area contributed by atoms with Gasteiger partial charge in [-0.15, -0.1) is 0 Å². The van der Waals surface area contributed by atoms with Crippen molar-refractivity contribution in [3.8, 4) is 0 Å². The summed E-state index contributed by atoms with van der Waals surface area (Å²) in [6, 6.07) is 0. The topological polar surface area (TPSA) is 27.7 Å². The Balaban J connectivity index is 4.48. The summed E-state index contributed by atoms with van der Waals surface area (Å²) >= 11 is 0. The fourth-order valence-electron chi connectivity index (χ4n) is 1.28. The molecule has 0 spiro atoms. The lowest BCUT2D eigenvalue weighted by molar-refractivity contribution is 0.0611. The summed E-state index contributed by atoms with van der Waals surface area (Å²) in [5.74, 6) is 0. The van der Waals surface area contributed by atoms with Gasteiger partial charge in [0.25, 0.3) is 0 Å². The average Bonchev–Trinajstić information content (AvgIpc) is 2.12. The van der Waals surface area contributed by atoms with E-state index in [1.54, 1.807) is 14.2 Å². The SMILES string of the molecule is CCC(C)[Si](OC)(OC)OC(C)C. The van der Waals surface area contributed by atoms with Gasteiger partial charge in [-0.1, -0.05) is 13.8 Å². The summed E-state index contributed by atoms with van der Waals surface area (Å²) in [6.45, 7) is 8.24. The standard InChI is InChI=1S/C9H22O3Si/c1-7-9(4)13(10-5,11-6)12-8(2)3/h8-9H,7H2,1-6H3. The Hall–Kier alpha value is 0.0969. The molecule has 0 saturated heterocycles. The van der Waals surface area contributed by atoms with Crippen LogP contribution in [0.4, 0.5) is 0 Å². The Bertz CT molecular complexity index is 135. The van der Waals surface area contributed by atoms with Gasteiger partial charge < -0.3 is 13.3 Å². The van der Waals surface area contributed by atoms with Crippen LogP contribution in [0.15, 0.2) is 0 Å². The van der Waals surface area contributed by atoms with E-state index in [1.807, 2.05) is 13.8 Å². The summed E-state index contributed by atoms with van der Waals surface area (Å²) in [6.07, 6.45) is 1.17.